The van der Waals surface area contributed by atoms with Crippen LogP contribution in [0.25, 0.3) is 0 Å². The standard InChI is InChI=1S/C8H9ClN2O5S2/c9-7-5(11(13)14)3-6(17-7)18(15,16)10-8(4-12)1-2-8/h3,10,12H,1-2,4H2. The minimum Gasteiger partial charge on any atom is -0.394 e. The van der Waals surface area contributed by atoms with E-state index in [4.69, 9.17) is 16.7 Å². The molecule has 1 fully saturated rings. The third kappa shape index (κ3) is 2.50. The van der Waals surface area contributed by atoms with Crippen molar-refractivity contribution in [2.45, 2.75) is 22.6 Å². The van der Waals surface area contributed by atoms with Crippen molar-refractivity contribution >= 4 is 38.6 Å². The van der Waals surface area contributed by atoms with E-state index in [1.54, 1.807) is 0 Å². The van der Waals surface area contributed by atoms with E-state index in [0.29, 0.717) is 24.2 Å². The molecule has 1 aromatic rings. The maximum atomic E-state index is 11.9. The molecule has 2 rings (SSSR count). The Balaban J connectivity index is 2.30. The number of nitro groups is 1. The van der Waals surface area contributed by atoms with Crippen molar-refractivity contribution in [1.29, 1.82) is 0 Å². The molecule has 0 amide bonds. The largest absolute Gasteiger partial charge is 0.394 e. The van der Waals surface area contributed by atoms with Crippen molar-refractivity contribution < 1.29 is 18.4 Å². The summed E-state index contributed by atoms with van der Waals surface area (Å²) in [6.45, 7) is -0.298. The summed E-state index contributed by atoms with van der Waals surface area (Å²) < 4.78 is 25.8. The van der Waals surface area contributed by atoms with Gasteiger partial charge in [-0.15, -0.1) is 11.3 Å². The summed E-state index contributed by atoms with van der Waals surface area (Å²) in [6.07, 6.45) is 1.09. The van der Waals surface area contributed by atoms with Crippen molar-refractivity contribution in [3.63, 3.8) is 0 Å². The molecule has 1 heterocycles. The third-order valence-corrected chi connectivity index (χ3v) is 6.00. The van der Waals surface area contributed by atoms with Gasteiger partial charge in [0.25, 0.3) is 15.7 Å². The maximum Gasteiger partial charge on any atom is 0.300 e. The van der Waals surface area contributed by atoms with E-state index in [1.807, 2.05) is 0 Å². The molecule has 0 aliphatic heterocycles. The van der Waals surface area contributed by atoms with E-state index in [0.717, 1.165) is 6.07 Å². The smallest absolute Gasteiger partial charge is 0.300 e. The van der Waals surface area contributed by atoms with Crippen LogP contribution in [0.15, 0.2) is 10.3 Å². The average Bonchev–Trinajstić information content (AvgIpc) is 2.90. The van der Waals surface area contributed by atoms with Gasteiger partial charge in [-0.05, 0) is 12.8 Å². The lowest BCUT2D eigenvalue weighted by atomic mass is 10.3. The molecule has 0 spiro atoms. The second kappa shape index (κ2) is 4.42. The highest BCUT2D eigenvalue weighted by Crippen LogP contribution is 2.40. The summed E-state index contributed by atoms with van der Waals surface area (Å²) in [6, 6.07) is 0.919. The Kier molecular flexibility index (Phi) is 3.36. The van der Waals surface area contributed by atoms with Gasteiger partial charge in [0, 0.05) is 6.07 Å². The van der Waals surface area contributed by atoms with E-state index in [9.17, 15) is 18.5 Å². The number of thiophene rings is 1. The molecule has 1 saturated carbocycles. The fourth-order valence-electron chi connectivity index (χ4n) is 1.37. The van der Waals surface area contributed by atoms with Crippen molar-refractivity contribution in [2.24, 2.45) is 0 Å². The molecule has 1 aliphatic rings. The Bertz CT molecular complexity index is 593. The number of aliphatic hydroxyl groups excluding tert-OH is 1. The van der Waals surface area contributed by atoms with Crippen LogP contribution in [0.5, 0.6) is 0 Å². The number of rotatable bonds is 5. The Morgan fingerprint density at radius 2 is 2.22 bits per heavy atom. The zero-order chi connectivity index (χ0) is 13.6. The lowest BCUT2D eigenvalue weighted by molar-refractivity contribution is -0.384. The molecule has 7 nitrogen and oxygen atoms in total. The van der Waals surface area contributed by atoms with Crippen LogP contribution in [0.1, 0.15) is 12.8 Å². The molecule has 18 heavy (non-hydrogen) atoms. The third-order valence-electron chi connectivity index (χ3n) is 2.61. The Hall–Kier alpha value is -0.740. The lowest BCUT2D eigenvalue weighted by Crippen LogP contribution is -2.39. The molecule has 1 aliphatic carbocycles. The number of nitrogens with zero attached hydrogens (tertiary/aromatic N) is 1. The van der Waals surface area contributed by atoms with Crippen LogP contribution in [0.4, 0.5) is 5.69 Å². The van der Waals surface area contributed by atoms with Crippen LogP contribution >= 0.6 is 22.9 Å². The van der Waals surface area contributed by atoms with Gasteiger partial charge >= 0.3 is 0 Å². The van der Waals surface area contributed by atoms with E-state index in [2.05, 4.69) is 4.72 Å². The molecule has 0 bridgehead atoms. The molecule has 0 saturated heterocycles. The Labute approximate surface area is 112 Å². The summed E-state index contributed by atoms with van der Waals surface area (Å²) in [5.41, 5.74) is -1.25. The number of hydrogen-bond acceptors (Lipinski definition) is 6. The topological polar surface area (TPSA) is 110 Å². The molecule has 0 aromatic carbocycles. The van der Waals surface area contributed by atoms with Crippen LogP contribution in [0.2, 0.25) is 4.34 Å². The number of nitrogens with one attached hydrogen (secondary N) is 1. The molecule has 0 atom stereocenters. The van der Waals surface area contributed by atoms with Gasteiger partial charge in [0.15, 0.2) is 4.34 Å². The first-order valence-corrected chi connectivity index (χ1v) is 7.56. The van der Waals surface area contributed by atoms with Crippen LogP contribution in [0.3, 0.4) is 0 Å². The first kappa shape index (κ1) is 13.7. The van der Waals surface area contributed by atoms with Crippen molar-refractivity contribution in [2.75, 3.05) is 6.61 Å². The highest BCUT2D eigenvalue weighted by Gasteiger charge is 2.46. The van der Waals surface area contributed by atoms with Gasteiger partial charge in [0.05, 0.1) is 17.1 Å². The minimum atomic E-state index is -3.88. The molecule has 1 aromatic heterocycles. The van der Waals surface area contributed by atoms with Gasteiger partial charge in [0.2, 0.25) is 0 Å². The van der Waals surface area contributed by atoms with E-state index in [-0.39, 0.29) is 15.2 Å². The van der Waals surface area contributed by atoms with Crippen LogP contribution in [0, 0.1) is 10.1 Å². The van der Waals surface area contributed by atoms with Crippen LogP contribution < -0.4 is 4.72 Å². The van der Waals surface area contributed by atoms with Gasteiger partial charge in [-0.25, -0.2) is 13.1 Å². The van der Waals surface area contributed by atoms with Crippen molar-refractivity contribution in [1.82, 2.24) is 4.72 Å². The Morgan fingerprint density at radius 1 is 1.61 bits per heavy atom. The van der Waals surface area contributed by atoms with Gasteiger partial charge in [0.1, 0.15) is 4.21 Å². The van der Waals surface area contributed by atoms with Gasteiger partial charge in [-0.1, -0.05) is 11.6 Å². The molecule has 2 N–H and O–H groups in total. The SMILES string of the molecule is O=[N+]([O-])c1cc(S(=O)(=O)NC2(CO)CC2)sc1Cl. The van der Waals surface area contributed by atoms with Gasteiger partial charge < -0.3 is 5.11 Å². The minimum absolute atomic E-state index is 0.186. The predicted molar refractivity (Wildman–Crippen MR) is 65.4 cm³/mol. The second-order valence-corrected chi connectivity index (χ2v) is 7.59. The van der Waals surface area contributed by atoms with Gasteiger partial charge in [-0.2, -0.15) is 0 Å². The number of hydrogen-bond donors (Lipinski definition) is 2. The van der Waals surface area contributed by atoms with E-state index in [1.165, 1.54) is 0 Å². The first-order chi connectivity index (χ1) is 8.30. The van der Waals surface area contributed by atoms with Crippen LogP contribution in [-0.4, -0.2) is 30.6 Å². The highest BCUT2D eigenvalue weighted by atomic mass is 35.5. The fourth-order valence-corrected chi connectivity index (χ4v) is 4.49. The summed E-state index contributed by atoms with van der Waals surface area (Å²) in [7, 11) is -3.88. The lowest BCUT2D eigenvalue weighted by Gasteiger charge is -2.12. The second-order valence-electron chi connectivity index (χ2n) is 4.03. The summed E-state index contributed by atoms with van der Waals surface area (Å²) in [4.78, 5) is 9.85. The van der Waals surface area contributed by atoms with Crippen LogP contribution in [-0.2, 0) is 10.0 Å². The molecule has 100 valence electrons. The molecule has 10 heteroatoms. The van der Waals surface area contributed by atoms with E-state index >= 15 is 0 Å². The monoisotopic (exact) mass is 312 g/mol. The quantitative estimate of drug-likeness (QED) is 0.625. The summed E-state index contributed by atoms with van der Waals surface area (Å²) in [5.74, 6) is 0. The molecular weight excluding hydrogens is 304 g/mol. The Morgan fingerprint density at radius 3 is 2.61 bits per heavy atom. The number of sulfonamides is 1. The maximum absolute atomic E-state index is 11.9. The highest BCUT2D eigenvalue weighted by molar-refractivity contribution is 7.91. The van der Waals surface area contributed by atoms with E-state index < -0.39 is 26.2 Å². The zero-order valence-electron chi connectivity index (χ0n) is 8.92. The molecule has 0 unspecified atom stereocenters. The van der Waals surface area contributed by atoms with Crippen molar-refractivity contribution in [3.8, 4) is 0 Å². The molecule has 0 radical (unpaired) electrons. The predicted octanol–water partition coefficient (Wildman–Crippen LogP) is 1.11. The normalized spacial score (nSPS) is 17.7. The van der Waals surface area contributed by atoms with Crippen molar-refractivity contribution in [3.05, 3.63) is 20.5 Å². The first-order valence-electron chi connectivity index (χ1n) is 4.88. The number of halogens is 1. The number of aliphatic hydroxyl groups is 1. The fraction of sp³-hybridized carbons (Fsp3) is 0.500. The average molecular weight is 313 g/mol. The summed E-state index contributed by atoms with van der Waals surface area (Å²) >= 11 is 6.22. The van der Waals surface area contributed by atoms with Gasteiger partial charge in [-0.3, -0.25) is 10.1 Å². The zero-order valence-corrected chi connectivity index (χ0v) is 11.3. The summed E-state index contributed by atoms with van der Waals surface area (Å²) in [5, 5.41) is 19.6. The molecular formula is C8H9ClN2O5S2.